The van der Waals surface area contributed by atoms with Crippen molar-refractivity contribution in [1.82, 2.24) is 9.97 Å². The molecule has 0 saturated heterocycles. The van der Waals surface area contributed by atoms with Gasteiger partial charge in [-0.15, -0.1) is 0 Å². The Bertz CT molecular complexity index is 968. The lowest BCUT2D eigenvalue weighted by Crippen LogP contribution is -2.10. The number of hydrogen-bond acceptors (Lipinski definition) is 3. The summed E-state index contributed by atoms with van der Waals surface area (Å²) in [5.74, 6) is 0. The van der Waals surface area contributed by atoms with Crippen molar-refractivity contribution >= 4 is 22.1 Å². The molecule has 0 spiro atoms. The van der Waals surface area contributed by atoms with Crippen LogP contribution in [0, 0.1) is 0 Å². The third-order valence-electron chi connectivity index (χ3n) is 3.30. The highest BCUT2D eigenvalue weighted by atomic mass is 16.3. The topological polar surface area (TPSA) is 58.9 Å². The van der Waals surface area contributed by atoms with Crippen LogP contribution < -0.4 is 5.69 Å². The molecule has 0 saturated carbocycles. The van der Waals surface area contributed by atoms with Crippen LogP contribution in [0.15, 0.2) is 63.8 Å². The van der Waals surface area contributed by atoms with Gasteiger partial charge >= 0.3 is 5.69 Å². The number of rotatable bonds is 1. The van der Waals surface area contributed by atoms with Gasteiger partial charge < -0.3 is 9.40 Å². The Balaban J connectivity index is 2.19. The van der Waals surface area contributed by atoms with E-state index in [1.165, 1.54) is 0 Å². The number of nitrogens with zero attached hydrogens (tertiary/aromatic N) is 1. The minimum absolute atomic E-state index is 0.372. The normalized spacial score (nSPS) is 11.2. The number of para-hydroxylation sites is 1. The van der Waals surface area contributed by atoms with Crippen molar-refractivity contribution < 1.29 is 4.42 Å². The van der Waals surface area contributed by atoms with Gasteiger partial charge in [-0.2, -0.15) is 4.98 Å². The van der Waals surface area contributed by atoms with E-state index < -0.39 is 0 Å². The molecule has 0 aliphatic heterocycles. The molecule has 0 aliphatic carbocycles. The van der Waals surface area contributed by atoms with Gasteiger partial charge in [0.1, 0.15) is 11.3 Å². The fourth-order valence-corrected chi connectivity index (χ4v) is 2.42. The summed E-state index contributed by atoms with van der Waals surface area (Å²) < 4.78 is 5.86. The first kappa shape index (κ1) is 11.0. The lowest BCUT2D eigenvalue weighted by Gasteiger charge is -2.00. The second-order valence-corrected chi connectivity index (χ2v) is 4.56. The largest absolute Gasteiger partial charge is 0.452 e. The maximum Gasteiger partial charge on any atom is 0.346 e. The van der Waals surface area contributed by atoms with E-state index in [-0.39, 0.29) is 5.69 Å². The van der Waals surface area contributed by atoms with Gasteiger partial charge in [0.15, 0.2) is 5.58 Å². The van der Waals surface area contributed by atoms with Crippen LogP contribution in [-0.2, 0) is 0 Å². The minimum Gasteiger partial charge on any atom is -0.452 e. The number of aromatic nitrogens is 2. The number of nitrogens with one attached hydrogen (secondary N) is 1. The predicted molar refractivity (Wildman–Crippen MR) is 77.6 cm³/mol. The first-order valence-corrected chi connectivity index (χ1v) is 6.30. The van der Waals surface area contributed by atoms with Gasteiger partial charge in [-0.05, 0) is 12.1 Å². The fraction of sp³-hybridized carbons (Fsp3) is 0. The van der Waals surface area contributed by atoms with Crippen LogP contribution in [0.5, 0.6) is 0 Å². The molecule has 4 aromatic rings. The van der Waals surface area contributed by atoms with Crippen LogP contribution in [0.3, 0.4) is 0 Å². The number of furan rings is 1. The highest BCUT2D eigenvalue weighted by Gasteiger charge is 2.14. The number of fused-ring (bicyclic) bond motifs is 3. The van der Waals surface area contributed by atoms with Crippen molar-refractivity contribution in [3.63, 3.8) is 0 Å². The van der Waals surface area contributed by atoms with Gasteiger partial charge in [0.2, 0.25) is 0 Å². The molecule has 96 valence electrons. The fourth-order valence-electron chi connectivity index (χ4n) is 2.42. The molecule has 2 heterocycles. The number of hydrogen-bond donors (Lipinski definition) is 1. The summed E-state index contributed by atoms with van der Waals surface area (Å²) in [4.78, 5) is 18.6. The van der Waals surface area contributed by atoms with Crippen molar-refractivity contribution in [2.24, 2.45) is 0 Å². The monoisotopic (exact) mass is 262 g/mol. The molecule has 4 nitrogen and oxygen atoms in total. The molecule has 4 rings (SSSR count). The van der Waals surface area contributed by atoms with Gasteiger partial charge in [-0.1, -0.05) is 42.5 Å². The zero-order valence-corrected chi connectivity index (χ0v) is 10.5. The van der Waals surface area contributed by atoms with E-state index in [9.17, 15) is 4.79 Å². The van der Waals surface area contributed by atoms with Crippen molar-refractivity contribution in [3.8, 4) is 11.3 Å². The molecule has 0 aliphatic rings. The summed E-state index contributed by atoms with van der Waals surface area (Å²) in [5.41, 5.74) is 3.10. The van der Waals surface area contributed by atoms with Crippen LogP contribution in [-0.4, -0.2) is 9.97 Å². The molecule has 0 fully saturated rings. The number of H-pyrrole nitrogens is 1. The van der Waals surface area contributed by atoms with Crippen LogP contribution in [0.1, 0.15) is 0 Å². The van der Waals surface area contributed by atoms with E-state index in [4.69, 9.17) is 4.42 Å². The molecule has 1 N–H and O–H groups in total. The Morgan fingerprint density at radius 1 is 0.950 bits per heavy atom. The Morgan fingerprint density at radius 2 is 1.70 bits per heavy atom. The van der Waals surface area contributed by atoms with Crippen LogP contribution >= 0.6 is 0 Å². The van der Waals surface area contributed by atoms with Gasteiger partial charge in [0.05, 0.1) is 5.52 Å². The summed E-state index contributed by atoms with van der Waals surface area (Å²) in [6.07, 6.45) is 0. The molecule has 0 radical (unpaired) electrons. The Morgan fingerprint density at radius 3 is 2.55 bits per heavy atom. The summed E-state index contributed by atoms with van der Waals surface area (Å²) in [7, 11) is 0. The predicted octanol–water partition coefficient (Wildman–Crippen LogP) is 3.34. The smallest absolute Gasteiger partial charge is 0.346 e. The van der Waals surface area contributed by atoms with Gasteiger partial charge in [-0.3, -0.25) is 0 Å². The number of benzene rings is 2. The first-order valence-electron chi connectivity index (χ1n) is 6.30. The number of aromatic amines is 1. The quantitative estimate of drug-likeness (QED) is 0.572. The van der Waals surface area contributed by atoms with E-state index in [2.05, 4.69) is 9.97 Å². The lowest BCUT2D eigenvalue weighted by atomic mass is 10.1. The molecule has 0 amide bonds. The van der Waals surface area contributed by atoms with E-state index in [1.54, 1.807) is 0 Å². The molecular formula is C16H10N2O2. The maximum absolute atomic E-state index is 11.8. The van der Waals surface area contributed by atoms with E-state index in [0.717, 1.165) is 16.5 Å². The second-order valence-electron chi connectivity index (χ2n) is 4.56. The van der Waals surface area contributed by atoms with Crippen molar-refractivity contribution in [2.45, 2.75) is 0 Å². The van der Waals surface area contributed by atoms with Crippen molar-refractivity contribution in [1.29, 1.82) is 0 Å². The minimum atomic E-state index is -0.372. The molecule has 0 unspecified atom stereocenters. The van der Waals surface area contributed by atoms with E-state index in [1.807, 2.05) is 54.6 Å². The van der Waals surface area contributed by atoms with Crippen molar-refractivity contribution in [2.75, 3.05) is 0 Å². The lowest BCUT2D eigenvalue weighted by molar-refractivity contribution is 0.666. The standard InChI is InChI=1S/C16H10N2O2/c19-16-17-13(10-6-2-1-3-7-10)15-14(18-16)11-8-4-5-9-12(11)20-15/h1-9H,(H,17,18,19). The van der Waals surface area contributed by atoms with Crippen LogP contribution in [0.4, 0.5) is 0 Å². The molecule has 2 aromatic heterocycles. The average Bonchev–Trinajstić information content (AvgIpc) is 2.86. The second kappa shape index (κ2) is 4.06. The third-order valence-corrected chi connectivity index (χ3v) is 3.30. The Kier molecular flexibility index (Phi) is 2.23. The van der Waals surface area contributed by atoms with Gasteiger partial charge in [0, 0.05) is 10.9 Å². The highest BCUT2D eigenvalue weighted by Crippen LogP contribution is 2.31. The molecule has 2 aromatic carbocycles. The maximum atomic E-state index is 11.8. The average molecular weight is 262 g/mol. The summed E-state index contributed by atoms with van der Waals surface area (Å²) >= 11 is 0. The molecule has 0 bridgehead atoms. The zero-order valence-electron chi connectivity index (χ0n) is 10.5. The summed E-state index contributed by atoms with van der Waals surface area (Å²) in [6, 6.07) is 17.2. The Hall–Kier alpha value is -2.88. The Labute approximate surface area is 113 Å². The van der Waals surface area contributed by atoms with E-state index in [0.29, 0.717) is 16.8 Å². The summed E-state index contributed by atoms with van der Waals surface area (Å²) in [5, 5.41) is 0.888. The summed E-state index contributed by atoms with van der Waals surface area (Å²) in [6.45, 7) is 0. The molecular weight excluding hydrogens is 252 g/mol. The van der Waals surface area contributed by atoms with Crippen LogP contribution in [0.25, 0.3) is 33.3 Å². The third kappa shape index (κ3) is 1.55. The van der Waals surface area contributed by atoms with Crippen LogP contribution in [0.2, 0.25) is 0 Å². The molecule has 0 atom stereocenters. The molecule has 4 heteroatoms. The first-order chi connectivity index (χ1) is 9.83. The molecule has 20 heavy (non-hydrogen) atoms. The SMILES string of the molecule is O=c1nc(-c2ccccc2)c2oc3ccccc3c2[nH]1. The van der Waals surface area contributed by atoms with E-state index >= 15 is 0 Å². The zero-order chi connectivity index (χ0) is 13.5. The van der Waals surface area contributed by atoms with Gasteiger partial charge in [0.25, 0.3) is 0 Å². The van der Waals surface area contributed by atoms with Crippen molar-refractivity contribution in [3.05, 3.63) is 65.1 Å². The van der Waals surface area contributed by atoms with Gasteiger partial charge in [-0.25, -0.2) is 4.79 Å². The highest BCUT2D eigenvalue weighted by molar-refractivity contribution is 6.06.